The van der Waals surface area contributed by atoms with E-state index in [-0.39, 0.29) is 5.78 Å². The smallest absolute Gasteiger partial charge is 0.213 e. The van der Waals surface area contributed by atoms with Crippen LogP contribution in [-0.2, 0) is 4.79 Å². The number of methoxy groups -OCH3 is 1. The fourth-order valence-electron chi connectivity index (χ4n) is 1.51. The number of rotatable bonds is 5. The molecular weight excluding hydrogens is 209 g/mol. The van der Waals surface area contributed by atoms with Gasteiger partial charge in [0.2, 0.25) is 5.88 Å². The van der Waals surface area contributed by atoms with Gasteiger partial charge in [0.05, 0.1) is 13.3 Å². The first-order valence-electron chi connectivity index (χ1n) is 5.32. The summed E-state index contributed by atoms with van der Waals surface area (Å²) in [5, 5.41) is 0. The predicted octanol–water partition coefficient (Wildman–Crippen LogP) is 2.70. The van der Waals surface area contributed by atoms with Crippen LogP contribution in [0.25, 0.3) is 0 Å². The SMILES string of the molecule is CCCC(=O)C(C)c1cc(OC)ncc1F. The average Bonchev–Trinajstić information content (AvgIpc) is 2.29. The predicted molar refractivity (Wildman–Crippen MR) is 59.1 cm³/mol. The monoisotopic (exact) mass is 225 g/mol. The summed E-state index contributed by atoms with van der Waals surface area (Å²) in [7, 11) is 1.46. The Balaban J connectivity index is 2.97. The highest BCUT2D eigenvalue weighted by molar-refractivity contribution is 5.85. The lowest BCUT2D eigenvalue weighted by atomic mass is 9.94. The molecule has 1 rings (SSSR count). The van der Waals surface area contributed by atoms with Crippen molar-refractivity contribution in [2.24, 2.45) is 0 Å². The average molecular weight is 225 g/mol. The zero-order valence-corrected chi connectivity index (χ0v) is 9.79. The molecule has 0 bridgehead atoms. The van der Waals surface area contributed by atoms with E-state index < -0.39 is 11.7 Å². The Morgan fingerprint density at radius 3 is 2.88 bits per heavy atom. The minimum atomic E-state index is -0.460. The van der Waals surface area contributed by atoms with Crippen LogP contribution < -0.4 is 4.74 Å². The number of hydrogen-bond donors (Lipinski definition) is 0. The van der Waals surface area contributed by atoms with Gasteiger partial charge in [-0.2, -0.15) is 0 Å². The molecule has 88 valence electrons. The molecule has 0 amide bonds. The number of pyridine rings is 1. The highest BCUT2D eigenvalue weighted by Gasteiger charge is 2.19. The summed E-state index contributed by atoms with van der Waals surface area (Å²) in [5.41, 5.74) is 0.352. The van der Waals surface area contributed by atoms with Gasteiger partial charge in [0.1, 0.15) is 11.6 Å². The van der Waals surface area contributed by atoms with E-state index >= 15 is 0 Å². The van der Waals surface area contributed by atoms with Crippen LogP contribution in [0.5, 0.6) is 5.88 Å². The highest BCUT2D eigenvalue weighted by Crippen LogP contribution is 2.24. The quantitative estimate of drug-likeness (QED) is 0.773. The fourth-order valence-corrected chi connectivity index (χ4v) is 1.51. The standard InChI is InChI=1S/C12H16FNO2/c1-4-5-11(15)8(2)9-6-12(16-3)14-7-10(9)13/h6-8H,4-5H2,1-3H3. The van der Waals surface area contributed by atoms with Gasteiger partial charge >= 0.3 is 0 Å². The van der Waals surface area contributed by atoms with E-state index in [4.69, 9.17) is 4.74 Å². The molecule has 1 atom stereocenters. The van der Waals surface area contributed by atoms with Crippen LogP contribution in [0.4, 0.5) is 4.39 Å². The lowest BCUT2D eigenvalue weighted by Gasteiger charge is -2.12. The Hall–Kier alpha value is -1.45. The van der Waals surface area contributed by atoms with Crippen molar-refractivity contribution in [1.29, 1.82) is 0 Å². The molecule has 0 saturated carbocycles. The summed E-state index contributed by atoms with van der Waals surface area (Å²) >= 11 is 0. The normalized spacial score (nSPS) is 12.2. The molecule has 1 unspecified atom stereocenters. The van der Waals surface area contributed by atoms with E-state index in [0.29, 0.717) is 17.9 Å². The van der Waals surface area contributed by atoms with Gasteiger partial charge in [-0.3, -0.25) is 4.79 Å². The summed E-state index contributed by atoms with van der Waals surface area (Å²) in [6.45, 7) is 3.63. The van der Waals surface area contributed by atoms with E-state index in [1.807, 2.05) is 6.92 Å². The van der Waals surface area contributed by atoms with Gasteiger partial charge in [0.25, 0.3) is 0 Å². The Morgan fingerprint density at radius 2 is 2.31 bits per heavy atom. The van der Waals surface area contributed by atoms with E-state index in [1.54, 1.807) is 6.92 Å². The van der Waals surface area contributed by atoms with Crippen LogP contribution >= 0.6 is 0 Å². The molecule has 0 aliphatic rings. The minimum absolute atomic E-state index is 0.0367. The molecular formula is C12H16FNO2. The van der Waals surface area contributed by atoms with Crippen LogP contribution in [0.3, 0.4) is 0 Å². The molecule has 16 heavy (non-hydrogen) atoms. The van der Waals surface area contributed by atoms with E-state index in [1.165, 1.54) is 13.2 Å². The van der Waals surface area contributed by atoms with Crippen LogP contribution in [-0.4, -0.2) is 17.9 Å². The molecule has 4 heteroatoms. The highest BCUT2D eigenvalue weighted by atomic mass is 19.1. The number of halogens is 1. The van der Waals surface area contributed by atoms with Crippen LogP contribution in [0.15, 0.2) is 12.3 Å². The third-order valence-electron chi connectivity index (χ3n) is 2.51. The van der Waals surface area contributed by atoms with Gasteiger partial charge in [-0.15, -0.1) is 0 Å². The number of Topliss-reactive ketones (excluding diaryl/α,β-unsaturated/α-hetero) is 1. The largest absolute Gasteiger partial charge is 0.481 e. The van der Waals surface area contributed by atoms with E-state index in [2.05, 4.69) is 4.98 Å². The molecule has 0 aromatic carbocycles. The molecule has 0 N–H and O–H groups in total. The molecule has 0 fully saturated rings. The number of carbonyl (C=O) groups is 1. The summed E-state index contributed by atoms with van der Waals surface area (Å²) in [6.07, 6.45) is 2.32. The van der Waals surface area contributed by atoms with Crippen molar-refractivity contribution in [3.8, 4) is 5.88 Å². The summed E-state index contributed by atoms with van der Waals surface area (Å²) < 4.78 is 18.4. The third kappa shape index (κ3) is 2.78. The number of nitrogens with zero attached hydrogens (tertiary/aromatic N) is 1. The van der Waals surface area contributed by atoms with Crippen molar-refractivity contribution in [3.05, 3.63) is 23.6 Å². The third-order valence-corrected chi connectivity index (χ3v) is 2.51. The second kappa shape index (κ2) is 5.58. The van der Waals surface area contributed by atoms with Crippen LogP contribution in [0.1, 0.15) is 38.2 Å². The molecule has 0 spiro atoms. The first kappa shape index (κ1) is 12.6. The van der Waals surface area contributed by atoms with Gasteiger partial charge < -0.3 is 4.74 Å². The van der Waals surface area contributed by atoms with Crippen LogP contribution in [0.2, 0.25) is 0 Å². The first-order chi connectivity index (χ1) is 7.60. The minimum Gasteiger partial charge on any atom is -0.481 e. The van der Waals surface area contributed by atoms with Crippen molar-refractivity contribution in [2.45, 2.75) is 32.6 Å². The van der Waals surface area contributed by atoms with Crippen molar-refractivity contribution < 1.29 is 13.9 Å². The van der Waals surface area contributed by atoms with Gasteiger partial charge in [0, 0.05) is 24.0 Å². The molecule has 3 nitrogen and oxygen atoms in total. The number of ketones is 1. The second-order valence-electron chi connectivity index (χ2n) is 3.69. The van der Waals surface area contributed by atoms with Gasteiger partial charge in [-0.1, -0.05) is 13.8 Å². The Bertz CT molecular complexity index is 379. The first-order valence-corrected chi connectivity index (χ1v) is 5.32. The molecule has 0 saturated heterocycles. The lowest BCUT2D eigenvalue weighted by Crippen LogP contribution is -2.11. The molecule has 1 heterocycles. The maximum atomic E-state index is 13.5. The number of ether oxygens (including phenoxy) is 1. The number of hydrogen-bond acceptors (Lipinski definition) is 3. The van der Waals surface area contributed by atoms with Gasteiger partial charge in [0.15, 0.2) is 0 Å². The van der Waals surface area contributed by atoms with Crippen LogP contribution in [0, 0.1) is 5.82 Å². The Labute approximate surface area is 94.6 Å². The fraction of sp³-hybridized carbons (Fsp3) is 0.500. The van der Waals surface area contributed by atoms with Gasteiger partial charge in [-0.25, -0.2) is 9.37 Å². The maximum absolute atomic E-state index is 13.5. The Morgan fingerprint density at radius 1 is 1.62 bits per heavy atom. The van der Waals surface area contributed by atoms with Crippen molar-refractivity contribution in [3.63, 3.8) is 0 Å². The molecule has 0 aliphatic carbocycles. The molecule has 0 radical (unpaired) electrons. The Kier molecular flexibility index (Phi) is 4.40. The number of carbonyl (C=O) groups excluding carboxylic acids is 1. The summed E-state index contributed by atoms with van der Waals surface area (Å²) in [6, 6.07) is 1.48. The number of aromatic nitrogens is 1. The van der Waals surface area contributed by atoms with E-state index in [9.17, 15) is 9.18 Å². The molecule has 1 aromatic heterocycles. The van der Waals surface area contributed by atoms with Gasteiger partial charge in [-0.05, 0) is 6.42 Å². The maximum Gasteiger partial charge on any atom is 0.213 e. The molecule has 1 aromatic rings. The summed E-state index contributed by atoms with van der Waals surface area (Å²) in [4.78, 5) is 15.4. The lowest BCUT2D eigenvalue weighted by molar-refractivity contribution is -0.120. The zero-order valence-electron chi connectivity index (χ0n) is 9.79. The van der Waals surface area contributed by atoms with Crippen molar-refractivity contribution >= 4 is 5.78 Å². The topological polar surface area (TPSA) is 39.2 Å². The van der Waals surface area contributed by atoms with E-state index in [0.717, 1.165) is 12.6 Å². The molecule has 0 aliphatic heterocycles. The zero-order chi connectivity index (χ0) is 12.1. The summed E-state index contributed by atoms with van der Waals surface area (Å²) in [5.74, 6) is -0.545. The second-order valence-corrected chi connectivity index (χ2v) is 3.69. The van der Waals surface area contributed by atoms with Crippen molar-refractivity contribution in [2.75, 3.05) is 7.11 Å². The van der Waals surface area contributed by atoms with Crippen molar-refractivity contribution in [1.82, 2.24) is 4.98 Å².